The van der Waals surface area contributed by atoms with Gasteiger partial charge in [-0.05, 0) is 42.5 Å². The maximum Gasteiger partial charge on any atom is 0.323 e. The van der Waals surface area contributed by atoms with Gasteiger partial charge < -0.3 is 15.7 Å². The molecule has 0 bridgehead atoms. The third-order valence-corrected chi connectivity index (χ3v) is 5.20. The molecule has 0 aliphatic heterocycles. The summed E-state index contributed by atoms with van der Waals surface area (Å²) in [5, 5.41) is 23.4. The average molecular weight is 530 g/mol. The molecule has 0 saturated heterocycles. The van der Waals surface area contributed by atoms with Gasteiger partial charge in [-0.25, -0.2) is 19.0 Å². The molecule has 8 nitrogen and oxygen atoms in total. The third kappa shape index (κ3) is 5.98. The lowest BCUT2D eigenvalue weighted by Gasteiger charge is -2.37. The SMILES string of the molecule is N#Cc1ccc(OCC#Cc2ccc(C(F)(F)C(O)(CN(N)/C=N\N)c3ccc(F)cc3F)nc2)c(F)c1. The minimum atomic E-state index is -4.26. The van der Waals surface area contributed by atoms with Crippen molar-refractivity contribution < 1.29 is 31.8 Å². The fourth-order valence-electron chi connectivity index (χ4n) is 3.37. The van der Waals surface area contributed by atoms with Crippen molar-refractivity contribution in [2.75, 3.05) is 13.2 Å². The van der Waals surface area contributed by atoms with Crippen LogP contribution in [0, 0.1) is 40.6 Å². The Bertz CT molecular complexity index is 1430. The molecule has 0 saturated carbocycles. The fourth-order valence-corrected chi connectivity index (χ4v) is 3.37. The van der Waals surface area contributed by atoms with E-state index in [1.165, 1.54) is 12.1 Å². The highest BCUT2D eigenvalue weighted by molar-refractivity contribution is 5.54. The van der Waals surface area contributed by atoms with Crippen LogP contribution in [-0.4, -0.2) is 34.6 Å². The summed E-state index contributed by atoms with van der Waals surface area (Å²) >= 11 is 0. The smallest absolute Gasteiger partial charge is 0.323 e. The number of benzene rings is 2. The lowest BCUT2D eigenvalue weighted by Crippen LogP contribution is -2.53. The Morgan fingerprint density at radius 1 is 1.08 bits per heavy atom. The summed E-state index contributed by atoms with van der Waals surface area (Å²) in [4.78, 5) is 3.65. The summed E-state index contributed by atoms with van der Waals surface area (Å²) in [5.41, 5.74) is -4.96. The topological polar surface area (TPSA) is 134 Å². The first kappa shape index (κ1) is 27.9. The summed E-state index contributed by atoms with van der Waals surface area (Å²) in [6.07, 6.45) is 1.70. The number of hydrazine groups is 1. The monoisotopic (exact) mass is 530 g/mol. The molecule has 1 heterocycles. The van der Waals surface area contributed by atoms with Gasteiger partial charge >= 0.3 is 5.92 Å². The molecule has 5 N–H and O–H groups in total. The highest BCUT2D eigenvalue weighted by Crippen LogP contribution is 2.45. The zero-order valence-electron chi connectivity index (χ0n) is 19.4. The van der Waals surface area contributed by atoms with Crippen molar-refractivity contribution >= 4 is 6.34 Å². The van der Waals surface area contributed by atoms with Crippen LogP contribution in [0.15, 0.2) is 59.8 Å². The number of aliphatic hydroxyl groups is 1. The van der Waals surface area contributed by atoms with Crippen LogP contribution in [0.1, 0.15) is 22.4 Å². The van der Waals surface area contributed by atoms with Crippen molar-refractivity contribution in [1.82, 2.24) is 9.99 Å². The number of rotatable bonds is 8. The van der Waals surface area contributed by atoms with Crippen LogP contribution in [0.2, 0.25) is 0 Å². The van der Waals surface area contributed by atoms with Crippen LogP contribution < -0.4 is 16.4 Å². The van der Waals surface area contributed by atoms with E-state index in [1.54, 1.807) is 6.07 Å². The quantitative estimate of drug-likeness (QED) is 0.102. The molecule has 1 atom stereocenters. The highest BCUT2D eigenvalue weighted by Gasteiger charge is 2.58. The molecular formula is C25H19F5N6O2. The number of hydrogen-bond donors (Lipinski definition) is 3. The number of nitriles is 1. The minimum absolute atomic E-state index is 0.115. The van der Waals surface area contributed by atoms with Crippen LogP contribution in [0.25, 0.3) is 0 Å². The molecule has 2 aromatic carbocycles. The zero-order valence-corrected chi connectivity index (χ0v) is 19.4. The highest BCUT2D eigenvalue weighted by atomic mass is 19.3. The summed E-state index contributed by atoms with van der Waals surface area (Å²) in [6, 6.07) is 9.14. The van der Waals surface area contributed by atoms with Gasteiger partial charge in [-0.15, -0.1) is 0 Å². The maximum absolute atomic E-state index is 15.6. The van der Waals surface area contributed by atoms with Crippen molar-refractivity contribution in [2.24, 2.45) is 16.8 Å². The van der Waals surface area contributed by atoms with E-state index in [1.807, 2.05) is 0 Å². The molecule has 38 heavy (non-hydrogen) atoms. The Hall–Kier alpha value is -4.72. The van der Waals surface area contributed by atoms with Crippen LogP contribution >= 0.6 is 0 Å². The van der Waals surface area contributed by atoms with Crippen molar-refractivity contribution in [3.63, 3.8) is 0 Å². The van der Waals surface area contributed by atoms with Crippen molar-refractivity contribution in [1.29, 1.82) is 5.26 Å². The second-order valence-electron chi connectivity index (χ2n) is 7.78. The number of halogens is 5. The molecule has 0 amide bonds. The largest absolute Gasteiger partial charge is 0.478 e. The van der Waals surface area contributed by atoms with Crippen molar-refractivity contribution in [3.8, 4) is 23.7 Å². The van der Waals surface area contributed by atoms with Crippen LogP contribution in [-0.2, 0) is 11.5 Å². The fraction of sp³-hybridized carbons (Fsp3) is 0.160. The molecule has 3 aromatic rings. The normalized spacial score (nSPS) is 12.8. The predicted octanol–water partition coefficient (Wildman–Crippen LogP) is 2.86. The second-order valence-corrected chi connectivity index (χ2v) is 7.78. The Labute approximate surface area is 213 Å². The van der Waals surface area contributed by atoms with Gasteiger partial charge in [-0.3, -0.25) is 9.99 Å². The molecule has 0 fully saturated rings. The van der Waals surface area contributed by atoms with Gasteiger partial charge in [-0.1, -0.05) is 11.8 Å². The average Bonchev–Trinajstić information content (AvgIpc) is 2.87. The van der Waals surface area contributed by atoms with Gasteiger partial charge in [0.15, 0.2) is 17.2 Å². The number of nitrogens with two attached hydrogens (primary N) is 2. The molecule has 0 spiro atoms. The van der Waals surface area contributed by atoms with Gasteiger partial charge in [-0.2, -0.15) is 19.1 Å². The molecule has 13 heteroatoms. The van der Waals surface area contributed by atoms with Gasteiger partial charge in [0.2, 0.25) is 0 Å². The molecule has 3 rings (SSSR count). The number of ether oxygens (including phenoxy) is 1. The number of pyridine rings is 1. The summed E-state index contributed by atoms with van der Waals surface area (Å²) in [5.74, 6) is 8.04. The Kier molecular flexibility index (Phi) is 8.47. The van der Waals surface area contributed by atoms with Gasteiger partial charge in [0.05, 0.1) is 18.2 Å². The first-order chi connectivity index (χ1) is 18.0. The molecule has 1 unspecified atom stereocenters. The van der Waals surface area contributed by atoms with Crippen molar-refractivity contribution in [3.05, 3.63) is 94.6 Å². The first-order valence-electron chi connectivity index (χ1n) is 10.6. The lowest BCUT2D eigenvalue weighted by atomic mass is 9.84. The summed E-state index contributed by atoms with van der Waals surface area (Å²) in [7, 11) is 0. The van der Waals surface area contributed by atoms with E-state index in [0.717, 1.165) is 30.7 Å². The molecule has 0 aliphatic rings. The van der Waals surface area contributed by atoms with E-state index in [2.05, 4.69) is 21.9 Å². The molecule has 0 aliphatic carbocycles. The summed E-state index contributed by atoms with van der Waals surface area (Å²) < 4.78 is 78.2. The minimum Gasteiger partial charge on any atom is -0.478 e. The second kappa shape index (κ2) is 11.6. The Balaban J connectivity index is 1.84. The molecular weight excluding hydrogens is 511 g/mol. The number of hydrazone groups is 1. The maximum atomic E-state index is 15.6. The van der Waals surface area contributed by atoms with Gasteiger partial charge in [0.1, 0.15) is 30.3 Å². The Morgan fingerprint density at radius 2 is 1.82 bits per heavy atom. The summed E-state index contributed by atoms with van der Waals surface area (Å²) in [6.45, 7) is -1.37. The number of aromatic nitrogens is 1. The Morgan fingerprint density at radius 3 is 2.42 bits per heavy atom. The third-order valence-electron chi connectivity index (χ3n) is 5.20. The van der Waals surface area contributed by atoms with Gasteiger partial charge in [0.25, 0.3) is 0 Å². The zero-order chi connectivity index (χ0) is 27.9. The molecule has 0 radical (unpaired) electrons. The molecule has 1 aromatic heterocycles. The van der Waals surface area contributed by atoms with E-state index in [0.29, 0.717) is 23.2 Å². The predicted molar refractivity (Wildman–Crippen MR) is 125 cm³/mol. The number of alkyl halides is 2. The van der Waals surface area contributed by atoms with Crippen LogP contribution in [0.4, 0.5) is 22.0 Å². The van der Waals surface area contributed by atoms with E-state index < -0.39 is 46.8 Å². The van der Waals surface area contributed by atoms with E-state index in [-0.39, 0.29) is 23.5 Å². The van der Waals surface area contributed by atoms with Gasteiger partial charge in [0, 0.05) is 23.4 Å². The van der Waals surface area contributed by atoms with Crippen LogP contribution in [0.3, 0.4) is 0 Å². The number of nitrogens with zero attached hydrogens (tertiary/aromatic N) is 4. The van der Waals surface area contributed by atoms with Crippen molar-refractivity contribution in [2.45, 2.75) is 11.5 Å². The van der Waals surface area contributed by atoms with E-state index in [4.69, 9.17) is 21.7 Å². The lowest BCUT2D eigenvalue weighted by molar-refractivity contribution is -0.203. The standard InChI is InChI=1S/C25H19F5N6O2/c26-18-5-6-19(20(27)11-18)24(37,14-36(33)15-35-32)25(29,30)23-8-4-16(13-34-23)2-1-9-38-22-7-3-17(12-31)10-21(22)28/h3-8,10-11,13,15,37H,9,14,32-33H2/b35-15-. The number of hydrogen-bond acceptors (Lipinski definition) is 7. The first-order valence-corrected chi connectivity index (χ1v) is 10.6. The van der Waals surface area contributed by atoms with E-state index >= 15 is 8.78 Å². The van der Waals surface area contributed by atoms with Crippen LogP contribution in [0.5, 0.6) is 5.75 Å². The molecule has 196 valence electrons. The van der Waals surface area contributed by atoms with E-state index in [9.17, 15) is 18.3 Å².